The van der Waals surface area contributed by atoms with Crippen LogP contribution in [0, 0.1) is 17.8 Å². The Balaban J connectivity index is 4.37. The first-order chi connectivity index (χ1) is 7.13. The van der Waals surface area contributed by atoms with Gasteiger partial charge in [-0.2, -0.15) is 13.2 Å². The van der Waals surface area contributed by atoms with Crippen molar-refractivity contribution < 1.29 is 22.7 Å². The number of ether oxygens (including phenoxy) is 1. The van der Waals surface area contributed by atoms with Gasteiger partial charge < -0.3 is 4.74 Å². The lowest BCUT2D eigenvalue weighted by atomic mass is 9.92. The van der Waals surface area contributed by atoms with Crippen molar-refractivity contribution in [3.05, 3.63) is 0 Å². The van der Waals surface area contributed by atoms with Gasteiger partial charge in [-0.05, 0) is 11.8 Å². The quantitative estimate of drug-likeness (QED) is 0.688. The van der Waals surface area contributed by atoms with Gasteiger partial charge in [-0.15, -0.1) is 0 Å². The molecule has 0 aromatic heterocycles. The summed E-state index contributed by atoms with van der Waals surface area (Å²) < 4.78 is 41.5. The van der Waals surface area contributed by atoms with E-state index in [0.29, 0.717) is 0 Å². The molecule has 0 fully saturated rings. The van der Waals surface area contributed by atoms with Crippen molar-refractivity contribution in [2.45, 2.75) is 40.3 Å². The highest BCUT2D eigenvalue weighted by atomic mass is 19.4. The zero-order valence-electron chi connectivity index (χ0n) is 10.1. The molecule has 1 atom stereocenters. The molecule has 0 N–H and O–H groups in total. The fraction of sp³-hybridized carbons (Fsp3) is 0.909. The van der Waals surface area contributed by atoms with Gasteiger partial charge in [-0.25, -0.2) is 0 Å². The number of carbonyl (C=O) groups excluding carboxylic acids is 1. The summed E-state index contributed by atoms with van der Waals surface area (Å²) in [7, 11) is 0. The fourth-order valence-corrected chi connectivity index (χ4v) is 1.20. The maximum atomic E-state index is 12.2. The Labute approximate surface area is 94.2 Å². The Hall–Kier alpha value is -0.740. The zero-order chi connectivity index (χ0) is 12.9. The van der Waals surface area contributed by atoms with E-state index in [1.54, 1.807) is 13.8 Å². The maximum absolute atomic E-state index is 12.2. The van der Waals surface area contributed by atoms with E-state index in [9.17, 15) is 18.0 Å². The van der Waals surface area contributed by atoms with Gasteiger partial charge in [0.2, 0.25) is 0 Å². The largest absolute Gasteiger partial charge is 0.465 e. The number of rotatable bonds is 5. The van der Waals surface area contributed by atoms with Gasteiger partial charge in [0.15, 0.2) is 0 Å². The van der Waals surface area contributed by atoms with E-state index in [0.717, 1.165) is 0 Å². The molecule has 0 heterocycles. The van der Waals surface area contributed by atoms with E-state index in [1.165, 1.54) is 0 Å². The lowest BCUT2D eigenvalue weighted by Gasteiger charge is -2.21. The number of esters is 1. The van der Waals surface area contributed by atoms with Crippen LogP contribution in [-0.4, -0.2) is 18.8 Å². The topological polar surface area (TPSA) is 26.3 Å². The number of hydrogen-bond donors (Lipinski definition) is 0. The first kappa shape index (κ1) is 15.3. The van der Waals surface area contributed by atoms with Crippen molar-refractivity contribution in [1.29, 1.82) is 0 Å². The number of hydrogen-bond acceptors (Lipinski definition) is 2. The average molecular weight is 240 g/mol. The van der Waals surface area contributed by atoms with E-state index in [1.807, 2.05) is 13.8 Å². The smallest absolute Gasteiger partial charge is 0.389 e. The van der Waals surface area contributed by atoms with Crippen LogP contribution in [-0.2, 0) is 9.53 Å². The lowest BCUT2D eigenvalue weighted by molar-refractivity contribution is -0.171. The standard InChI is InChI=1S/C11H19F3O2/c1-7(2)6-16-10(15)9(8(3)4)5-11(12,13)14/h7-9H,5-6H2,1-4H3. The molecule has 16 heavy (non-hydrogen) atoms. The highest BCUT2D eigenvalue weighted by molar-refractivity contribution is 5.72. The maximum Gasteiger partial charge on any atom is 0.389 e. The molecule has 0 saturated carbocycles. The van der Waals surface area contributed by atoms with Crippen LogP contribution >= 0.6 is 0 Å². The molecule has 0 saturated heterocycles. The summed E-state index contributed by atoms with van der Waals surface area (Å²) in [5, 5.41) is 0. The number of alkyl halides is 3. The van der Waals surface area contributed by atoms with Crippen molar-refractivity contribution in [3.63, 3.8) is 0 Å². The van der Waals surface area contributed by atoms with Crippen LogP contribution in [0.5, 0.6) is 0 Å². The first-order valence-corrected chi connectivity index (χ1v) is 5.37. The van der Waals surface area contributed by atoms with Crippen LogP contribution in [0.1, 0.15) is 34.1 Å². The summed E-state index contributed by atoms with van der Waals surface area (Å²) in [6.45, 7) is 7.02. The Kier molecular flexibility index (Phi) is 5.83. The van der Waals surface area contributed by atoms with E-state index in [-0.39, 0.29) is 18.4 Å². The predicted octanol–water partition coefficient (Wildman–Crippen LogP) is 3.41. The molecule has 5 heteroatoms. The monoisotopic (exact) mass is 240 g/mol. The third kappa shape index (κ3) is 6.69. The van der Waals surface area contributed by atoms with Crippen LogP contribution in [0.15, 0.2) is 0 Å². The molecular formula is C11H19F3O2. The van der Waals surface area contributed by atoms with Crippen molar-refractivity contribution >= 4 is 5.97 Å². The minimum Gasteiger partial charge on any atom is -0.465 e. The zero-order valence-corrected chi connectivity index (χ0v) is 10.1. The molecule has 0 aromatic rings. The molecule has 0 bridgehead atoms. The molecule has 0 aliphatic rings. The highest BCUT2D eigenvalue weighted by Gasteiger charge is 2.37. The summed E-state index contributed by atoms with van der Waals surface area (Å²) in [4.78, 5) is 11.4. The van der Waals surface area contributed by atoms with Crippen molar-refractivity contribution in [1.82, 2.24) is 0 Å². The molecule has 2 nitrogen and oxygen atoms in total. The van der Waals surface area contributed by atoms with Crippen LogP contribution < -0.4 is 0 Å². The van der Waals surface area contributed by atoms with Gasteiger partial charge >= 0.3 is 12.1 Å². The summed E-state index contributed by atoms with van der Waals surface area (Å²) >= 11 is 0. The van der Waals surface area contributed by atoms with Crippen LogP contribution in [0.25, 0.3) is 0 Å². The minimum absolute atomic E-state index is 0.127. The van der Waals surface area contributed by atoms with E-state index >= 15 is 0 Å². The lowest BCUT2D eigenvalue weighted by Crippen LogP contribution is -2.29. The normalized spacial score (nSPS) is 14.3. The average Bonchev–Trinajstić information content (AvgIpc) is 2.08. The fourth-order valence-electron chi connectivity index (χ4n) is 1.20. The number of carbonyl (C=O) groups is 1. The molecule has 96 valence electrons. The molecule has 0 spiro atoms. The molecular weight excluding hydrogens is 221 g/mol. The summed E-state index contributed by atoms with van der Waals surface area (Å²) in [6.07, 6.45) is -5.44. The molecule has 0 radical (unpaired) electrons. The van der Waals surface area contributed by atoms with Crippen LogP contribution in [0.2, 0.25) is 0 Å². The first-order valence-electron chi connectivity index (χ1n) is 5.37. The summed E-state index contributed by atoms with van der Waals surface area (Å²) in [5.74, 6) is -2.09. The molecule has 1 unspecified atom stereocenters. The Bertz CT molecular complexity index is 222. The van der Waals surface area contributed by atoms with Gasteiger partial charge in [0, 0.05) is 0 Å². The Morgan fingerprint density at radius 1 is 1.19 bits per heavy atom. The van der Waals surface area contributed by atoms with Crippen molar-refractivity contribution in [2.24, 2.45) is 17.8 Å². The second kappa shape index (κ2) is 6.11. The van der Waals surface area contributed by atoms with Crippen LogP contribution in [0.4, 0.5) is 13.2 Å². The van der Waals surface area contributed by atoms with E-state index < -0.39 is 24.5 Å². The second-order valence-corrected chi connectivity index (χ2v) is 4.69. The molecule has 0 amide bonds. The van der Waals surface area contributed by atoms with Gasteiger partial charge in [0.25, 0.3) is 0 Å². The molecule has 0 aromatic carbocycles. The van der Waals surface area contributed by atoms with E-state index in [4.69, 9.17) is 4.74 Å². The molecule has 0 rings (SSSR count). The molecule has 0 aliphatic heterocycles. The van der Waals surface area contributed by atoms with Crippen molar-refractivity contribution in [2.75, 3.05) is 6.61 Å². The summed E-state index contributed by atoms with van der Waals surface area (Å²) in [6, 6.07) is 0. The van der Waals surface area contributed by atoms with Gasteiger partial charge in [0.05, 0.1) is 18.9 Å². The van der Waals surface area contributed by atoms with Gasteiger partial charge in [0.1, 0.15) is 0 Å². The second-order valence-electron chi connectivity index (χ2n) is 4.69. The Morgan fingerprint density at radius 3 is 2.00 bits per heavy atom. The summed E-state index contributed by atoms with van der Waals surface area (Å²) in [5.41, 5.74) is 0. The predicted molar refractivity (Wildman–Crippen MR) is 54.8 cm³/mol. The van der Waals surface area contributed by atoms with Gasteiger partial charge in [-0.1, -0.05) is 27.7 Å². The number of halogens is 3. The molecule has 0 aliphatic carbocycles. The SMILES string of the molecule is CC(C)COC(=O)C(CC(F)(F)F)C(C)C. The third-order valence-electron chi connectivity index (χ3n) is 2.12. The minimum atomic E-state index is -4.33. The van der Waals surface area contributed by atoms with Gasteiger partial charge in [-0.3, -0.25) is 4.79 Å². The Morgan fingerprint density at radius 2 is 1.69 bits per heavy atom. The van der Waals surface area contributed by atoms with Crippen molar-refractivity contribution in [3.8, 4) is 0 Å². The van der Waals surface area contributed by atoms with E-state index in [2.05, 4.69) is 0 Å². The highest BCUT2D eigenvalue weighted by Crippen LogP contribution is 2.29. The third-order valence-corrected chi connectivity index (χ3v) is 2.12. The van der Waals surface area contributed by atoms with Crippen LogP contribution in [0.3, 0.4) is 0 Å².